The van der Waals surface area contributed by atoms with Crippen LogP contribution in [0.5, 0.6) is 0 Å². The average molecular weight is 452 g/mol. The second kappa shape index (κ2) is 8.13. The number of amides is 1. The maximum absolute atomic E-state index is 12.9. The minimum Gasteiger partial charge on any atom is -0.319 e. The lowest BCUT2D eigenvalue weighted by molar-refractivity contribution is 0.0998. The predicted molar refractivity (Wildman–Crippen MR) is 124 cm³/mol. The van der Waals surface area contributed by atoms with Crippen LogP contribution in [0.4, 0.5) is 5.69 Å². The van der Waals surface area contributed by atoms with Gasteiger partial charge < -0.3 is 4.57 Å². The largest absolute Gasteiger partial charge is 0.319 e. The van der Waals surface area contributed by atoms with E-state index >= 15 is 0 Å². The van der Waals surface area contributed by atoms with Gasteiger partial charge in [-0.3, -0.25) is 9.10 Å². The Hall–Kier alpha value is -3.23. The lowest BCUT2D eigenvalue weighted by atomic mass is 10.2. The SMILES string of the molecule is Cc1ccc2c(c1)sc(=NC(=O)c1ccc(S(=O)(=O)N(C)c3ccccc3)cc1)n2C. The number of aromatic nitrogens is 1. The number of fused-ring (bicyclic) bond motifs is 1. The molecule has 0 unspecified atom stereocenters. The highest BCUT2D eigenvalue weighted by Crippen LogP contribution is 2.22. The Morgan fingerprint density at radius 2 is 1.68 bits per heavy atom. The highest BCUT2D eigenvalue weighted by molar-refractivity contribution is 7.92. The normalized spacial score (nSPS) is 12.3. The third-order valence-corrected chi connectivity index (χ3v) is 7.94. The number of carbonyl (C=O) groups excluding carboxylic acids is 1. The van der Waals surface area contributed by atoms with Crippen LogP contribution in [0.2, 0.25) is 0 Å². The zero-order valence-corrected chi connectivity index (χ0v) is 18.9. The van der Waals surface area contributed by atoms with Gasteiger partial charge in [0.05, 0.1) is 20.8 Å². The number of hydrogen-bond acceptors (Lipinski definition) is 4. The lowest BCUT2D eigenvalue weighted by Crippen LogP contribution is -2.26. The van der Waals surface area contributed by atoms with E-state index in [-0.39, 0.29) is 4.90 Å². The van der Waals surface area contributed by atoms with Crippen LogP contribution in [0, 0.1) is 6.92 Å². The molecule has 4 rings (SSSR count). The van der Waals surface area contributed by atoms with E-state index in [0.717, 1.165) is 15.8 Å². The number of thiazole rings is 1. The van der Waals surface area contributed by atoms with Crippen LogP contribution in [-0.4, -0.2) is 25.9 Å². The third-order valence-electron chi connectivity index (χ3n) is 5.04. The molecular weight excluding hydrogens is 430 g/mol. The van der Waals surface area contributed by atoms with Crippen molar-refractivity contribution in [1.82, 2.24) is 4.57 Å². The van der Waals surface area contributed by atoms with E-state index in [9.17, 15) is 13.2 Å². The minimum absolute atomic E-state index is 0.110. The van der Waals surface area contributed by atoms with Gasteiger partial charge in [0.1, 0.15) is 0 Å². The predicted octanol–water partition coefficient (Wildman–Crippen LogP) is 4.11. The van der Waals surface area contributed by atoms with Crippen LogP contribution in [0.1, 0.15) is 15.9 Å². The summed E-state index contributed by atoms with van der Waals surface area (Å²) in [6.07, 6.45) is 0. The molecule has 0 bridgehead atoms. The molecule has 0 aliphatic carbocycles. The maximum atomic E-state index is 12.9. The molecule has 0 radical (unpaired) electrons. The maximum Gasteiger partial charge on any atom is 0.279 e. The van der Waals surface area contributed by atoms with Crippen LogP contribution in [0.3, 0.4) is 0 Å². The second-order valence-corrected chi connectivity index (χ2v) is 10.1. The molecule has 0 saturated carbocycles. The summed E-state index contributed by atoms with van der Waals surface area (Å²) in [6.45, 7) is 2.02. The molecule has 6 nitrogen and oxygen atoms in total. The topological polar surface area (TPSA) is 71.7 Å². The van der Waals surface area contributed by atoms with Crippen molar-refractivity contribution in [2.45, 2.75) is 11.8 Å². The van der Waals surface area contributed by atoms with Gasteiger partial charge in [-0.25, -0.2) is 8.42 Å². The van der Waals surface area contributed by atoms with Gasteiger partial charge in [0.2, 0.25) is 0 Å². The summed E-state index contributed by atoms with van der Waals surface area (Å²) < 4.78 is 29.9. The zero-order chi connectivity index (χ0) is 22.2. The van der Waals surface area contributed by atoms with E-state index < -0.39 is 15.9 Å². The summed E-state index contributed by atoms with van der Waals surface area (Å²) in [6, 6.07) is 20.8. The molecule has 0 saturated heterocycles. The third kappa shape index (κ3) is 4.04. The Labute approximate surface area is 184 Å². The van der Waals surface area contributed by atoms with Gasteiger partial charge in [-0.1, -0.05) is 35.6 Å². The first kappa shape index (κ1) is 21.0. The Kier molecular flexibility index (Phi) is 5.51. The smallest absolute Gasteiger partial charge is 0.279 e. The Morgan fingerprint density at radius 1 is 1.00 bits per heavy atom. The van der Waals surface area contributed by atoms with Crippen molar-refractivity contribution in [2.75, 3.05) is 11.4 Å². The number of para-hydroxylation sites is 1. The fourth-order valence-corrected chi connectivity index (χ4v) is 5.51. The molecule has 3 aromatic carbocycles. The molecule has 0 aliphatic heterocycles. The second-order valence-electron chi connectivity index (χ2n) is 7.16. The van der Waals surface area contributed by atoms with E-state index in [1.165, 1.54) is 47.0 Å². The van der Waals surface area contributed by atoms with Crippen LogP contribution in [0.25, 0.3) is 10.2 Å². The summed E-state index contributed by atoms with van der Waals surface area (Å²) in [4.78, 5) is 17.6. The lowest BCUT2D eigenvalue weighted by Gasteiger charge is -2.19. The molecule has 0 fully saturated rings. The average Bonchev–Trinajstić information content (AvgIpc) is 3.08. The Bertz CT molecular complexity index is 1440. The molecule has 158 valence electrons. The first-order valence-corrected chi connectivity index (χ1v) is 11.8. The van der Waals surface area contributed by atoms with Gasteiger partial charge in [-0.2, -0.15) is 4.99 Å². The molecular formula is C23H21N3O3S2. The van der Waals surface area contributed by atoms with Crippen LogP contribution in [-0.2, 0) is 17.1 Å². The number of sulfonamides is 1. The highest BCUT2D eigenvalue weighted by Gasteiger charge is 2.21. The van der Waals surface area contributed by atoms with E-state index in [0.29, 0.717) is 16.1 Å². The molecule has 1 heterocycles. The van der Waals surface area contributed by atoms with E-state index in [4.69, 9.17) is 0 Å². The van der Waals surface area contributed by atoms with Gasteiger partial charge in [0.25, 0.3) is 15.9 Å². The van der Waals surface area contributed by atoms with Crippen molar-refractivity contribution >= 4 is 43.2 Å². The first-order chi connectivity index (χ1) is 14.8. The fourth-order valence-electron chi connectivity index (χ4n) is 3.20. The quantitative estimate of drug-likeness (QED) is 0.469. The van der Waals surface area contributed by atoms with Crippen LogP contribution < -0.4 is 9.11 Å². The molecule has 0 atom stereocenters. The number of aryl methyl sites for hydroxylation is 2. The van der Waals surface area contributed by atoms with E-state index in [2.05, 4.69) is 11.1 Å². The van der Waals surface area contributed by atoms with E-state index in [1.807, 2.05) is 36.7 Å². The molecule has 8 heteroatoms. The monoisotopic (exact) mass is 451 g/mol. The summed E-state index contributed by atoms with van der Waals surface area (Å²) in [5, 5.41) is 0. The molecule has 31 heavy (non-hydrogen) atoms. The molecule has 1 amide bonds. The van der Waals surface area contributed by atoms with Crippen molar-refractivity contribution < 1.29 is 13.2 Å². The van der Waals surface area contributed by atoms with Gasteiger partial charge >= 0.3 is 0 Å². The molecule has 1 aromatic heterocycles. The van der Waals surface area contributed by atoms with E-state index in [1.54, 1.807) is 24.3 Å². The van der Waals surface area contributed by atoms with Crippen molar-refractivity contribution in [3.63, 3.8) is 0 Å². The fraction of sp³-hybridized carbons (Fsp3) is 0.130. The van der Waals surface area contributed by atoms with Gasteiger partial charge in [0.15, 0.2) is 4.80 Å². The number of anilines is 1. The van der Waals surface area contributed by atoms with Crippen molar-refractivity contribution in [3.8, 4) is 0 Å². The summed E-state index contributed by atoms with van der Waals surface area (Å²) in [7, 11) is -0.360. The first-order valence-electron chi connectivity index (χ1n) is 9.56. The summed E-state index contributed by atoms with van der Waals surface area (Å²) >= 11 is 1.44. The van der Waals surface area contributed by atoms with Gasteiger partial charge in [-0.05, 0) is 61.0 Å². The molecule has 0 N–H and O–H groups in total. The summed E-state index contributed by atoms with van der Waals surface area (Å²) in [5.74, 6) is -0.417. The summed E-state index contributed by atoms with van der Waals surface area (Å²) in [5.41, 5.74) is 3.04. The molecule has 0 spiro atoms. The van der Waals surface area contributed by atoms with Crippen LogP contribution >= 0.6 is 11.3 Å². The number of nitrogens with zero attached hydrogens (tertiary/aromatic N) is 3. The Morgan fingerprint density at radius 3 is 2.35 bits per heavy atom. The van der Waals surface area contributed by atoms with Crippen molar-refractivity contribution in [3.05, 3.63) is 88.7 Å². The number of rotatable bonds is 4. The molecule has 0 aliphatic rings. The minimum atomic E-state index is -3.73. The van der Waals surface area contributed by atoms with Crippen molar-refractivity contribution in [2.24, 2.45) is 12.0 Å². The number of hydrogen-bond donors (Lipinski definition) is 0. The van der Waals surface area contributed by atoms with Gasteiger partial charge in [0, 0.05) is 19.7 Å². The number of carbonyl (C=O) groups is 1. The highest BCUT2D eigenvalue weighted by atomic mass is 32.2. The van der Waals surface area contributed by atoms with Crippen molar-refractivity contribution in [1.29, 1.82) is 0 Å². The van der Waals surface area contributed by atoms with Gasteiger partial charge in [-0.15, -0.1) is 0 Å². The van der Waals surface area contributed by atoms with Crippen LogP contribution in [0.15, 0.2) is 82.7 Å². The Balaban J connectivity index is 1.63. The zero-order valence-electron chi connectivity index (χ0n) is 17.3. The number of benzene rings is 3. The standard InChI is InChI=1S/C23H21N3O3S2/c1-16-9-14-20-21(15-16)30-23(25(20)2)24-22(27)17-10-12-19(13-11-17)31(28,29)26(3)18-7-5-4-6-8-18/h4-15H,1-3H3. The molecule has 4 aromatic rings.